The number of H-pyrrole nitrogens is 1. The first-order valence-corrected chi connectivity index (χ1v) is 5.21. The zero-order valence-electron chi connectivity index (χ0n) is 9.04. The van der Waals surface area contributed by atoms with E-state index in [1.54, 1.807) is 12.1 Å². The zero-order valence-corrected chi connectivity index (χ0v) is 9.04. The summed E-state index contributed by atoms with van der Waals surface area (Å²) < 4.78 is 10.7. The number of nitrogens with zero attached hydrogens (tertiary/aromatic N) is 1. The minimum Gasteiger partial charge on any atom is -0.354 e. The molecule has 6 heteroatoms. The first kappa shape index (κ1) is 10.2. The Balaban J connectivity index is 1.98. The van der Waals surface area contributed by atoms with Gasteiger partial charge >= 0.3 is 0 Å². The summed E-state index contributed by atoms with van der Waals surface area (Å²) in [5, 5.41) is 11.4. The second-order valence-corrected chi connectivity index (χ2v) is 3.93. The van der Waals surface area contributed by atoms with Gasteiger partial charge in [0.25, 0.3) is 5.69 Å². The Bertz CT molecular complexity index is 586. The van der Waals surface area contributed by atoms with Gasteiger partial charge in [-0.2, -0.15) is 0 Å². The maximum absolute atomic E-state index is 10.6. The van der Waals surface area contributed by atoms with Crippen molar-refractivity contribution < 1.29 is 14.4 Å². The van der Waals surface area contributed by atoms with Crippen molar-refractivity contribution in [1.29, 1.82) is 0 Å². The molecule has 88 valence electrons. The van der Waals surface area contributed by atoms with E-state index in [0.29, 0.717) is 0 Å². The predicted octanol–water partition coefficient (Wildman–Crippen LogP) is 2.47. The Kier molecular flexibility index (Phi) is 2.13. The van der Waals surface area contributed by atoms with E-state index in [1.165, 1.54) is 12.1 Å². The van der Waals surface area contributed by atoms with E-state index in [2.05, 4.69) is 4.98 Å². The van der Waals surface area contributed by atoms with Gasteiger partial charge in [0.05, 0.1) is 10.6 Å². The lowest BCUT2D eigenvalue weighted by Crippen LogP contribution is -2.31. The molecule has 1 fully saturated rings. The average molecular weight is 234 g/mol. The highest BCUT2D eigenvalue weighted by molar-refractivity contribution is 5.82. The van der Waals surface area contributed by atoms with Crippen LogP contribution in [0.5, 0.6) is 0 Å². The van der Waals surface area contributed by atoms with Crippen molar-refractivity contribution >= 4 is 16.6 Å². The first-order valence-electron chi connectivity index (χ1n) is 5.21. The summed E-state index contributed by atoms with van der Waals surface area (Å²) in [6, 6.07) is 6.48. The fourth-order valence-corrected chi connectivity index (χ4v) is 1.89. The highest BCUT2D eigenvalue weighted by Gasteiger charge is 2.29. The van der Waals surface area contributed by atoms with E-state index < -0.39 is 11.2 Å². The van der Waals surface area contributed by atoms with E-state index in [9.17, 15) is 10.1 Å². The van der Waals surface area contributed by atoms with E-state index in [1.807, 2.05) is 6.92 Å². The second-order valence-electron chi connectivity index (χ2n) is 3.93. The molecule has 0 saturated carbocycles. The van der Waals surface area contributed by atoms with Crippen LogP contribution in [0, 0.1) is 10.1 Å². The summed E-state index contributed by atoms with van der Waals surface area (Å²) in [6.07, 6.45) is -0.586. The molecule has 0 bridgehead atoms. The second kappa shape index (κ2) is 3.54. The normalized spacial score (nSPS) is 23.6. The van der Waals surface area contributed by atoms with Gasteiger partial charge < -0.3 is 14.5 Å². The average Bonchev–Trinajstić information content (AvgIpc) is 2.66. The summed E-state index contributed by atoms with van der Waals surface area (Å²) in [6.45, 7) is 1.81. The summed E-state index contributed by atoms with van der Waals surface area (Å²) in [5.41, 5.74) is 1.68. The molecule has 2 aromatic rings. The Hall–Kier alpha value is -1.92. The van der Waals surface area contributed by atoms with Crippen molar-refractivity contribution in [2.75, 3.05) is 0 Å². The summed E-state index contributed by atoms with van der Waals surface area (Å²) >= 11 is 0. The number of non-ortho nitro benzene ring substituents is 1. The van der Waals surface area contributed by atoms with Crippen LogP contribution >= 0.6 is 0 Å². The van der Waals surface area contributed by atoms with Crippen LogP contribution in [0.25, 0.3) is 10.9 Å². The number of hydrogen-bond acceptors (Lipinski definition) is 4. The Labute approximate surface area is 96.3 Å². The van der Waals surface area contributed by atoms with E-state index >= 15 is 0 Å². The molecule has 0 radical (unpaired) electrons. The van der Waals surface area contributed by atoms with Crippen LogP contribution in [0.3, 0.4) is 0 Å². The molecule has 1 aromatic heterocycles. The van der Waals surface area contributed by atoms with Gasteiger partial charge in [-0.15, -0.1) is 0 Å². The molecule has 3 rings (SSSR count). The van der Waals surface area contributed by atoms with Gasteiger partial charge in [-0.1, -0.05) is 0 Å². The van der Waals surface area contributed by atoms with Gasteiger partial charge in [-0.3, -0.25) is 10.1 Å². The van der Waals surface area contributed by atoms with Crippen LogP contribution in [0.4, 0.5) is 5.69 Å². The van der Waals surface area contributed by atoms with Crippen LogP contribution in [0.15, 0.2) is 24.3 Å². The van der Waals surface area contributed by atoms with Crippen molar-refractivity contribution in [2.24, 2.45) is 0 Å². The Morgan fingerprint density at radius 1 is 1.35 bits per heavy atom. The molecule has 17 heavy (non-hydrogen) atoms. The number of nitro benzene ring substituents is 1. The largest absolute Gasteiger partial charge is 0.354 e. The fourth-order valence-electron chi connectivity index (χ4n) is 1.89. The third-order valence-electron chi connectivity index (χ3n) is 2.72. The standard InChI is InChI=1S/C11H10N2O4/c1-6-16-11(17-6)10-5-7-4-8(13(14)15)2-3-9(7)12-10/h2-6,11-12H,1H3. The molecule has 6 nitrogen and oxygen atoms in total. The number of fused-ring (bicyclic) bond motifs is 1. The lowest BCUT2D eigenvalue weighted by Gasteiger charge is -2.32. The van der Waals surface area contributed by atoms with Gasteiger partial charge in [0.1, 0.15) is 0 Å². The third-order valence-corrected chi connectivity index (χ3v) is 2.72. The monoisotopic (exact) mass is 234 g/mol. The fraction of sp³-hybridized carbons (Fsp3) is 0.273. The predicted molar refractivity (Wildman–Crippen MR) is 59.3 cm³/mol. The smallest absolute Gasteiger partial charge is 0.270 e. The highest BCUT2D eigenvalue weighted by atomic mass is 16.9. The van der Waals surface area contributed by atoms with Crippen molar-refractivity contribution in [2.45, 2.75) is 19.5 Å². The number of aromatic amines is 1. The summed E-state index contributed by atoms with van der Waals surface area (Å²) in [4.78, 5) is 13.3. The number of nitro groups is 1. The summed E-state index contributed by atoms with van der Waals surface area (Å²) in [7, 11) is 0. The van der Waals surface area contributed by atoms with Crippen molar-refractivity contribution in [3.63, 3.8) is 0 Å². The van der Waals surface area contributed by atoms with Gasteiger partial charge in [-0.05, 0) is 19.1 Å². The molecule has 0 atom stereocenters. The van der Waals surface area contributed by atoms with Crippen LogP contribution in [-0.2, 0) is 9.47 Å². The van der Waals surface area contributed by atoms with Gasteiger partial charge in [-0.25, -0.2) is 0 Å². The molecule has 1 aliphatic rings. The highest BCUT2D eigenvalue weighted by Crippen LogP contribution is 2.33. The number of rotatable bonds is 2. The SMILES string of the molecule is CC1OC(c2cc3cc([N+](=O)[O-])ccc3[nH]2)O1. The van der Waals surface area contributed by atoms with Crippen LogP contribution < -0.4 is 0 Å². The molecule has 1 N–H and O–H groups in total. The number of nitrogens with one attached hydrogen (secondary N) is 1. The quantitative estimate of drug-likeness (QED) is 0.639. The van der Waals surface area contributed by atoms with E-state index in [4.69, 9.17) is 9.47 Å². The third kappa shape index (κ3) is 1.67. The van der Waals surface area contributed by atoms with E-state index in [0.717, 1.165) is 16.6 Å². The number of hydrogen-bond donors (Lipinski definition) is 1. The van der Waals surface area contributed by atoms with Gasteiger partial charge in [0.15, 0.2) is 6.29 Å². The minimum absolute atomic E-state index is 0.0758. The van der Waals surface area contributed by atoms with Crippen LogP contribution in [0.2, 0.25) is 0 Å². The molecule has 0 amide bonds. The van der Waals surface area contributed by atoms with Crippen molar-refractivity contribution in [3.8, 4) is 0 Å². The number of benzene rings is 1. The van der Waals surface area contributed by atoms with Gasteiger partial charge in [0, 0.05) is 23.0 Å². The minimum atomic E-state index is -0.412. The van der Waals surface area contributed by atoms with Crippen LogP contribution in [-0.4, -0.2) is 16.2 Å². The Morgan fingerprint density at radius 2 is 2.12 bits per heavy atom. The maximum Gasteiger partial charge on any atom is 0.270 e. The zero-order chi connectivity index (χ0) is 12.0. The lowest BCUT2D eigenvalue weighted by atomic mass is 10.2. The molecule has 1 aromatic carbocycles. The topological polar surface area (TPSA) is 77.4 Å². The van der Waals surface area contributed by atoms with Gasteiger partial charge in [0.2, 0.25) is 6.29 Å². The molecule has 2 heterocycles. The molecule has 1 saturated heterocycles. The summed E-state index contributed by atoms with van der Waals surface area (Å²) in [5.74, 6) is 0. The Morgan fingerprint density at radius 3 is 2.76 bits per heavy atom. The first-order chi connectivity index (χ1) is 8.13. The number of ether oxygens (including phenoxy) is 2. The molecular weight excluding hydrogens is 224 g/mol. The molecule has 0 unspecified atom stereocenters. The molecule has 0 aliphatic carbocycles. The van der Waals surface area contributed by atoms with Crippen LogP contribution in [0.1, 0.15) is 18.9 Å². The lowest BCUT2D eigenvalue weighted by molar-refractivity contribution is -0.384. The van der Waals surface area contributed by atoms with E-state index in [-0.39, 0.29) is 12.0 Å². The number of aromatic nitrogens is 1. The molecular formula is C11H10N2O4. The van der Waals surface area contributed by atoms with Crippen molar-refractivity contribution in [1.82, 2.24) is 4.98 Å². The molecule has 0 spiro atoms. The van der Waals surface area contributed by atoms with Crippen molar-refractivity contribution in [3.05, 3.63) is 40.1 Å². The maximum atomic E-state index is 10.6. The molecule has 1 aliphatic heterocycles.